The maximum absolute atomic E-state index is 10.7. The van der Waals surface area contributed by atoms with E-state index in [1.54, 1.807) is 0 Å². The molecule has 5 heteroatoms. The van der Waals surface area contributed by atoms with Crippen LogP contribution < -0.4 is 0 Å². The minimum atomic E-state index is -2.18. The molecular formula is C7H10O4S. The van der Waals surface area contributed by atoms with Crippen molar-refractivity contribution >= 4 is 21.6 Å². The molecule has 0 aromatic carbocycles. The van der Waals surface area contributed by atoms with Crippen LogP contribution in [0.4, 0.5) is 0 Å². The van der Waals surface area contributed by atoms with Crippen LogP contribution in [0.3, 0.4) is 0 Å². The van der Waals surface area contributed by atoms with Crippen LogP contribution in [0.1, 0.15) is 13.3 Å². The van der Waals surface area contributed by atoms with Crippen LogP contribution >= 0.6 is 0 Å². The molecule has 0 atom stereocenters. The maximum Gasteiger partial charge on any atom is 0.333 e. The first-order valence-electron chi connectivity index (χ1n) is 3.28. The number of hydrogen-bond donors (Lipinski definition) is 0. The van der Waals surface area contributed by atoms with Crippen LogP contribution in [0.15, 0.2) is 12.2 Å². The minimum absolute atomic E-state index is 0.0691. The van der Waals surface area contributed by atoms with Gasteiger partial charge in [-0.15, -0.1) is 0 Å². The van der Waals surface area contributed by atoms with E-state index in [-0.39, 0.29) is 13.0 Å². The Bertz CT molecular complexity index is 291. The van der Waals surface area contributed by atoms with Crippen molar-refractivity contribution in [2.24, 2.45) is 0 Å². The van der Waals surface area contributed by atoms with Gasteiger partial charge in [0.15, 0.2) is 0 Å². The molecule has 0 aliphatic rings. The number of esters is 1. The highest BCUT2D eigenvalue weighted by Crippen LogP contribution is 1.91. The third kappa shape index (κ3) is 5.67. The summed E-state index contributed by atoms with van der Waals surface area (Å²) in [5.74, 6) is -0.500. The van der Waals surface area contributed by atoms with E-state index in [2.05, 4.69) is 11.3 Å². The molecule has 0 spiro atoms. The van der Waals surface area contributed by atoms with Crippen LogP contribution in [-0.2, 0) is 19.8 Å². The minimum Gasteiger partial charge on any atom is -0.462 e. The van der Waals surface area contributed by atoms with Crippen molar-refractivity contribution in [1.29, 1.82) is 0 Å². The highest BCUT2D eigenvalue weighted by Gasteiger charge is 2.00. The number of ether oxygens (including phenoxy) is 1. The van der Waals surface area contributed by atoms with Crippen LogP contribution in [0.25, 0.3) is 0 Å². The van der Waals surface area contributed by atoms with Gasteiger partial charge in [-0.05, 0) is 6.92 Å². The van der Waals surface area contributed by atoms with Gasteiger partial charge in [0.1, 0.15) is 0 Å². The Balaban J connectivity index is 3.65. The standard InChI is InChI=1S/C7H10O4S/c1-6(2)7(8)11-4-3-5-12(9)10/h5H,1,3-4H2,2H3. The van der Waals surface area contributed by atoms with E-state index in [9.17, 15) is 13.2 Å². The van der Waals surface area contributed by atoms with Gasteiger partial charge in [0, 0.05) is 17.4 Å². The van der Waals surface area contributed by atoms with E-state index in [0.29, 0.717) is 5.57 Å². The lowest BCUT2D eigenvalue weighted by atomic mass is 10.4. The fourth-order valence-electron chi connectivity index (χ4n) is 0.419. The van der Waals surface area contributed by atoms with Gasteiger partial charge >= 0.3 is 5.97 Å². The molecule has 68 valence electrons. The SMILES string of the molecule is C=C(C)C(=O)OCCC=S(=O)=O. The van der Waals surface area contributed by atoms with E-state index in [4.69, 9.17) is 0 Å². The first-order chi connectivity index (χ1) is 5.54. The van der Waals surface area contributed by atoms with Crippen molar-refractivity contribution in [1.82, 2.24) is 0 Å². The second-order valence-electron chi connectivity index (χ2n) is 2.13. The zero-order valence-corrected chi connectivity index (χ0v) is 7.56. The zero-order valence-electron chi connectivity index (χ0n) is 6.74. The third-order valence-corrected chi connectivity index (χ3v) is 1.46. The molecule has 0 radical (unpaired) electrons. The maximum atomic E-state index is 10.7. The van der Waals surface area contributed by atoms with E-state index >= 15 is 0 Å². The summed E-state index contributed by atoms with van der Waals surface area (Å²) in [4.78, 5) is 10.7. The topological polar surface area (TPSA) is 60.4 Å². The molecule has 0 rings (SSSR count). The number of rotatable bonds is 4. The summed E-state index contributed by atoms with van der Waals surface area (Å²) in [5, 5.41) is 1.03. The molecular weight excluding hydrogens is 180 g/mol. The summed E-state index contributed by atoms with van der Waals surface area (Å²) in [6.07, 6.45) is 0.204. The number of carbonyl (C=O) groups is 1. The van der Waals surface area contributed by atoms with Gasteiger partial charge in [-0.25, -0.2) is 4.79 Å². The van der Waals surface area contributed by atoms with Crippen molar-refractivity contribution in [2.45, 2.75) is 13.3 Å². The molecule has 0 aromatic heterocycles. The van der Waals surface area contributed by atoms with Crippen LogP contribution in [0.5, 0.6) is 0 Å². The van der Waals surface area contributed by atoms with E-state index in [0.717, 1.165) is 5.37 Å². The Labute approximate surface area is 72.4 Å². The van der Waals surface area contributed by atoms with Gasteiger partial charge in [0.05, 0.1) is 6.61 Å². The molecule has 0 aromatic rings. The lowest BCUT2D eigenvalue weighted by molar-refractivity contribution is -0.138. The van der Waals surface area contributed by atoms with Crippen molar-refractivity contribution in [3.8, 4) is 0 Å². The van der Waals surface area contributed by atoms with Crippen molar-refractivity contribution in [3.63, 3.8) is 0 Å². The first-order valence-corrected chi connectivity index (χ1v) is 4.42. The normalized spacial score (nSPS) is 8.75. The average molecular weight is 190 g/mol. The molecule has 0 unspecified atom stereocenters. The molecule has 0 N–H and O–H groups in total. The molecule has 0 saturated carbocycles. The average Bonchev–Trinajstić information content (AvgIpc) is 1.97. The number of carbonyl (C=O) groups excluding carboxylic acids is 1. The number of hydrogen-bond acceptors (Lipinski definition) is 4. The summed E-state index contributed by atoms with van der Waals surface area (Å²) in [6, 6.07) is 0. The monoisotopic (exact) mass is 190 g/mol. The molecule has 0 saturated heterocycles. The van der Waals surface area contributed by atoms with Crippen LogP contribution in [-0.4, -0.2) is 26.4 Å². The van der Waals surface area contributed by atoms with E-state index in [1.807, 2.05) is 0 Å². The van der Waals surface area contributed by atoms with Gasteiger partial charge < -0.3 is 4.74 Å². The van der Waals surface area contributed by atoms with Crippen molar-refractivity contribution in [2.75, 3.05) is 6.61 Å². The lowest BCUT2D eigenvalue weighted by Gasteiger charge is -1.99. The van der Waals surface area contributed by atoms with Crippen molar-refractivity contribution in [3.05, 3.63) is 12.2 Å². The Hall–Kier alpha value is -1.10. The molecule has 12 heavy (non-hydrogen) atoms. The van der Waals surface area contributed by atoms with Crippen LogP contribution in [0.2, 0.25) is 0 Å². The van der Waals surface area contributed by atoms with Gasteiger partial charge in [-0.3, -0.25) is 0 Å². The largest absolute Gasteiger partial charge is 0.462 e. The van der Waals surface area contributed by atoms with E-state index in [1.165, 1.54) is 6.92 Å². The Kier molecular flexibility index (Phi) is 5.03. The molecule has 0 bridgehead atoms. The smallest absolute Gasteiger partial charge is 0.333 e. The summed E-state index contributed by atoms with van der Waals surface area (Å²) in [7, 11) is -2.18. The van der Waals surface area contributed by atoms with Gasteiger partial charge in [-0.1, -0.05) is 6.58 Å². The zero-order chi connectivity index (χ0) is 9.56. The molecule has 4 nitrogen and oxygen atoms in total. The fraction of sp³-hybridized carbons (Fsp3) is 0.429. The Morgan fingerprint density at radius 1 is 1.58 bits per heavy atom. The predicted octanol–water partition coefficient (Wildman–Crippen LogP) is 0.177. The van der Waals surface area contributed by atoms with Gasteiger partial charge in [0.2, 0.25) is 10.3 Å². The fourth-order valence-corrected chi connectivity index (χ4v) is 0.708. The lowest BCUT2D eigenvalue weighted by Crippen LogP contribution is -2.06. The predicted molar refractivity (Wildman–Crippen MR) is 45.4 cm³/mol. The third-order valence-electron chi connectivity index (χ3n) is 0.953. The summed E-state index contributed by atoms with van der Waals surface area (Å²) < 4.78 is 24.5. The Morgan fingerprint density at radius 3 is 2.58 bits per heavy atom. The van der Waals surface area contributed by atoms with Gasteiger partial charge in [0.25, 0.3) is 0 Å². The molecule has 0 fully saturated rings. The summed E-state index contributed by atoms with van der Waals surface area (Å²) in [6.45, 7) is 4.96. The van der Waals surface area contributed by atoms with Crippen molar-refractivity contribution < 1.29 is 17.9 Å². The highest BCUT2D eigenvalue weighted by molar-refractivity contribution is 7.71. The van der Waals surface area contributed by atoms with E-state index < -0.39 is 16.3 Å². The highest BCUT2D eigenvalue weighted by atomic mass is 32.2. The first kappa shape index (κ1) is 10.9. The quantitative estimate of drug-likeness (QED) is 0.274. The second-order valence-corrected chi connectivity index (χ2v) is 2.99. The molecule has 0 aliphatic carbocycles. The molecule has 0 aliphatic heterocycles. The summed E-state index contributed by atoms with van der Waals surface area (Å²) in [5.41, 5.74) is 0.304. The van der Waals surface area contributed by atoms with Gasteiger partial charge in [-0.2, -0.15) is 8.42 Å². The summed E-state index contributed by atoms with van der Waals surface area (Å²) >= 11 is 0. The van der Waals surface area contributed by atoms with Crippen LogP contribution in [0, 0.1) is 0 Å². The molecule has 0 heterocycles. The molecule has 0 amide bonds. The second kappa shape index (κ2) is 5.54. The Morgan fingerprint density at radius 2 is 2.17 bits per heavy atom.